The van der Waals surface area contributed by atoms with Crippen LogP contribution in [0.1, 0.15) is 16.7 Å². The van der Waals surface area contributed by atoms with Crippen LogP contribution < -0.4 is 5.32 Å². The Hall–Kier alpha value is -4.59. The molecule has 0 saturated heterocycles. The van der Waals surface area contributed by atoms with Crippen molar-refractivity contribution in [3.63, 3.8) is 0 Å². The summed E-state index contributed by atoms with van der Waals surface area (Å²) in [6.45, 7) is -0.424. The summed E-state index contributed by atoms with van der Waals surface area (Å²) in [6, 6.07) is 8.00. The third kappa shape index (κ3) is 6.46. The highest BCUT2D eigenvalue weighted by Crippen LogP contribution is 2.33. The van der Waals surface area contributed by atoms with Gasteiger partial charge >= 0.3 is 12.4 Å². The van der Waals surface area contributed by atoms with Gasteiger partial charge in [0.15, 0.2) is 11.6 Å². The van der Waals surface area contributed by atoms with E-state index >= 15 is 0 Å². The third-order valence-corrected chi connectivity index (χ3v) is 5.34. The standard InChI is InChI=1S/C25H18F6N6O2/c26-24(27,28)18-5-1-15(2-6-18)21-35-22(16-3-7-19(8-4-16)25(29,30)31)37(36-21)13-20(23(39)34-9-10-38)17-11-32-14-33-12-17/h1-8,11-14,38H,9-10H2,(H,34,39)/b20-13+. The molecule has 39 heavy (non-hydrogen) atoms. The zero-order valence-electron chi connectivity index (χ0n) is 19.7. The zero-order valence-corrected chi connectivity index (χ0v) is 19.7. The van der Waals surface area contributed by atoms with Crippen LogP contribution in [-0.4, -0.2) is 48.9 Å². The molecule has 0 fully saturated rings. The minimum Gasteiger partial charge on any atom is -0.395 e. The molecular formula is C25H18F6N6O2. The predicted octanol–water partition coefficient (Wildman–Crippen LogP) is 4.55. The van der Waals surface area contributed by atoms with Gasteiger partial charge in [-0.1, -0.05) is 24.3 Å². The monoisotopic (exact) mass is 548 g/mol. The lowest BCUT2D eigenvalue weighted by atomic mass is 10.1. The van der Waals surface area contributed by atoms with Gasteiger partial charge in [-0.15, -0.1) is 5.10 Å². The number of aromatic nitrogens is 5. The molecule has 4 rings (SSSR count). The van der Waals surface area contributed by atoms with Gasteiger partial charge in [-0.05, 0) is 24.3 Å². The third-order valence-electron chi connectivity index (χ3n) is 5.34. The second-order valence-electron chi connectivity index (χ2n) is 8.00. The Morgan fingerprint density at radius 1 is 0.872 bits per heavy atom. The lowest BCUT2D eigenvalue weighted by molar-refractivity contribution is -0.138. The Bertz CT molecular complexity index is 1460. The molecule has 0 radical (unpaired) electrons. The SMILES string of the molecule is O=C(NCCO)/C(=C/n1nc(-c2ccc(C(F)(F)F)cc2)nc1-c1ccc(C(F)(F)F)cc1)c1cncnc1. The normalized spacial score (nSPS) is 12.4. The van der Waals surface area contributed by atoms with Crippen LogP contribution in [0.2, 0.25) is 0 Å². The van der Waals surface area contributed by atoms with E-state index in [4.69, 9.17) is 5.11 Å². The second kappa shape index (κ2) is 11.0. The van der Waals surface area contributed by atoms with Gasteiger partial charge in [-0.2, -0.15) is 26.3 Å². The quantitative estimate of drug-likeness (QED) is 0.260. The van der Waals surface area contributed by atoms with Crippen LogP contribution in [-0.2, 0) is 17.1 Å². The highest BCUT2D eigenvalue weighted by Gasteiger charge is 2.31. The van der Waals surface area contributed by atoms with E-state index in [9.17, 15) is 31.1 Å². The molecule has 14 heteroatoms. The molecule has 4 aromatic rings. The first kappa shape index (κ1) is 27.4. The Labute approximate surface area is 216 Å². The van der Waals surface area contributed by atoms with Crippen molar-refractivity contribution in [2.24, 2.45) is 0 Å². The first-order valence-electron chi connectivity index (χ1n) is 11.2. The second-order valence-corrected chi connectivity index (χ2v) is 8.00. The molecule has 2 aromatic carbocycles. The maximum absolute atomic E-state index is 13.1. The fraction of sp³-hybridized carbons (Fsp3) is 0.160. The summed E-state index contributed by atoms with van der Waals surface area (Å²) in [5.41, 5.74) is -1.19. The van der Waals surface area contributed by atoms with Crippen molar-refractivity contribution in [1.29, 1.82) is 0 Å². The lowest BCUT2D eigenvalue weighted by Crippen LogP contribution is -2.27. The predicted molar refractivity (Wildman–Crippen MR) is 127 cm³/mol. The van der Waals surface area contributed by atoms with E-state index in [1.165, 1.54) is 24.9 Å². The summed E-state index contributed by atoms with van der Waals surface area (Å²) in [5, 5.41) is 15.9. The Morgan fingerprint density at radius 3 is 1.92 bits per heavy atom. The number of rotatable bonds is 7. The van der Waals surface area contributed by atoms with Crippen molar-refractivity contribution >= 4 is 17.7 Å². The molecule has 0 spiro atoms. The molecule has 0 atom stereocenters. The number of nitrogens with zero attached hydrogens (tertiary/aromatic N) is 5. The van der Waals surface area contributed by atoms with Gasteiger partial charge in [0, 0.05) is 41.8 Å². The summed E-state index contributed by atoms with van der Waals surface area (Å²) < 4.78 is 79.4. The Kier molecular flexibility index (Phi) is 7.76. The van der Waals surface area contributed by atoms with E-state index in [-0.39, 0.29) is 47.1 Å². The number of nitrogens with one attached hydrogen (secondary N) is 1. The van der Waals surface area contributed by atoms with Gasteiger partial charge in [-0.3, -0.25) is 4.79 Å². The van der Waals surface area contributed by atoms with E-state index in [2.05, 4.69) is 25.4 Å². The summed E-state index contributed by atoms with van der Waals surface area (Å²) in [7, 11) is 0. The average Bonchev–Trinajstić information content (AvgIpc) is 3.34. The zero-order chi connectivity index (χ0) is 28.2. The molecule has 0 saturated carbocycles. The van der Waals surface area contributed by atoms with Crippen LogP contribution in [0.3, 0.4) is 0 Å². The summed E-state index contributed by atoms with van der Waals surface area (Å²) in [4.78, 5) is 25.0. The van der Waals surface area contributed by atoms with Gasteiger partial charge in [0.2, 0.25) is 0 Å². The van der Waals surface area contributed by atoms with Gasteiger partial charge in [0.1, 0.15) is 6.33 Å². The topological polar surface area (TPSA) is 106 Å². The minimum atomic E-state index is -4.58. The number of aliphatic hydroxyl groups excluding tert-OH is 1. The average molecular weight is 548 g/mol. The molecule has 0 unspecified atom stereocenters. The van der Waals surface area contributed by atoms with E-state index < -0.39 is 29.4 Å². The molecular weight excluding hydrogens is 530 g/mol. The fourth-order valence-electron chi connectivity index (χ4n) is 3.44. The van der Waals surface area contributed by atoms with Gasteiger partial charge in [0.25, 0.3) is 5.91 Å². The first-order valence-corrected chi connectivity index (χ1v) is 11.2. The molecule has 0 bridgehead atoms. The van der Waals surface area contributed by atoms with Gasteiger partial charge < -0.3 is 10.4 Å². The molecule has 0 aliphatic heterocycles. The van der Waals surface area contributed by atoms with Crippen molar-refractivity contribution in [3.05, 3.63) is 83.9 Å². The Morgan fingerprint density at radius 2 is 1.41 bits per heavy atom. The molecule has 0 aliphatic carbocycles. The van der Waals surface area contributed by atoms with Crippen LogP contribution in [0.5, 0.6) is 0 Å². The number of alkyl halides is 6. The minimum absolute atomic E-state index is 0.00271. The molecule has 2 N–H and O–H groups in total. The van der Waals surface area contributed by atoms with Crippen molar-refractivity contribution in [2.75, 3.05) is 13.2 Å². The highest BCUT2D eigenvalue weighted by molar-refractivity contribution is 6.22. The van der Waals surface area contributed by atoms with Crippen molar-refractivity contribution in [1.82, 2.24) is 30.0 Å². The fourth-order valence-corrected chi connectivity index (χ4v) is 3.44. The van der Waals surface area contributed by atoms with E-state index in [1.54, 1.807) is 0 Å². The van der Waals surface area contributed by atoms with E-state index in [0.29, 0.717) is 0 Å². The molecule has 8 nitrogen and oxygen atoms in total. The molecule has 1 amide bonds. The van der Waals surface area contributed by atoms with E-state index in [1.807, 2.05) is 0 Å². The van der Waals surface area contributed by atoms with Crippen LogP contribution in [0, 0.1) is 0 Å². The number of halogens is 6. The number of benzene rings is 2. The molecule has 2 heterocycles. The summed E-state index contributed by atoms with van der Waals surface area (Å²) >= 11 is 0. The lowest BCUT2D eigenvalue weighted by Gasteiger charge is -2.10. The highest BCUT2D eigenvalue weighted by atomic mass is 19.4. The first-order chi connectivity index (χ1) is 18.5. The Balaban J connectivity index is 1.86. The number of carbonyl (C=O) groups is 1. The number of hydrogen-bond acceptors (Lipinski definition) is 6. The van der Waals surface area contributed by atoms with Crippen molar-refractivity contribution < 1.29 is 36.2 Å². The van der Waals surface area contributed by atoms with Crippen LogP contribution in [0.25, 0.3) is 34.5 Å². The van der Waals surface area contributed by atoms with Crippen molar-refractivity contribution in [2.45, 2.75) is 12.4 Å². The van der Waals surface area contributed by atoms with Crippen LogP contribution in [0.15, 0.2) is 67.3 Å². The van der Waals surface area contributed by atoms with Gasteiger partial charge in [-0.25, -0.2) is 19.6 Å². The summed E-state index contributed by atoms with van der Waals surface area (Å²) in [6.07, 6.45) is -4.00. The van der Waals surface area contributed by atoms with Gasteiger partial charge in [0.05, 0.1) is 23.3 Å². The maximum Gasteiger partial charge on any atom is 0.416 e. The molecule has 202 valence electrons. The smallest absolute Gasteiger partial charge is 0.395 e. The summed E-state index contributed by atoms with van der Waals surface area (Å²) in [5.74, 6) is -0.693. The largest absolute Gasteiger partial charge is 0.416 e. The molecule has 0 aliphatic rings. The van der Waals surface area contributed by atoms with E-state index in [0.717, 1.165) is 53.2 Å². The number of carbonyl (C=O) groups excluding carboxylic acids is 1. The maximum atomic E-state index is 13.1. The number of aliphatic hydroxyl groups is 1. The molecule has 2 aromatic heterocycles. The van der Waals surface area contributed by atoms with Crippen molar-refractivity contribution in [3.8, 4) is 22.8 Å². The number of amides is 1. The van der Waals surface area contributed by atoms with Crippen LogP contribution >= 0.6 is 0 Å². The van der Waals surface area contributed by atoms with Crippen LogP contribution in [0.4, 0.5) is 26.3 Å². The number of hydrogen-bond donors (Lipinski definition) is 2.